The largest absolute Gasteiger partial charge is 0.496 e. The number of carbonyl (C=O) groups is 1. The molecule has 0 heterocycles. The summed E-state index contributed by atoms with van der Waals surface area (Å²) in [5, 5.41) is 0. The lowest BCUT2D eigenvalue weighted by Crippen LogP contribution is -2.05. The van der Waals surface area contributed by atoms with Crippen molar-refractivity contribution in [3.63, 3.8) is 0 Å². The molecule has 2 aromatic rings. The fourth-order valence-electron chi connectivity index (χ4n) is 1.79. The van der Waals surface area contributed by atoms with Crippen molar-refractivity contribution in [1.29, 1.82) is 0 Å². The molecule has 19 heavy (non-hydrogen) atoms. The van der Waals surface area contributed by atoms with E-state index in [1.807, 2.05) is 24.3 Å². The van der Waals surface area contributed by atoms with Gasteiger partial charge in [-0.15, -0.1) is 0 Å². The Morgan fingerprint density at radius 2 is 2.00 bits per heavy atom. The van der Waals surface area contributed by atoms with E-state index < -0.39 is 0 Å². The average molecular weight is 323 g/mol. The van der Waals surface area contributed by atoms with Gasteiger partial charge in [-0.3, -0.25) is 4.79 Å². The van der Waals surface area contributed by atoms with Gasteiger partial charge in [0.05, 0.1) is 11.6 Å². The maximum atomic E-state index is 13.1. The monoisotopic (exact) mass is 322 g/mol. The third-order valence-corrected chi connectivity index (χ3v) is 3.39. The summed E-state index contributed by atoms with van der Waals surface area (Å²) < 4.78 is 18.6. The van der Waals surface area contributed by atoms with Crippen molar-refractivity contribution in [2.45, 2.75) is 6.42 Å². The normalized spacial score (nSPS) is 10.3. The summed E-state index contributed by atoms with van der Waals surface area (Å²) in [5.41, 5.74) is 1.29. The molecule has 2 rings (SSSR count). The summed E-state index contributed by atoms with van der Waals surface area (Å²) in [5.74, 6) is 0.219. The molecule has 0 radical (unpaired) electrons. The van der Waals surface area contributed by atoms with Gasteiger partial charge in [0.25, 0.3) is 0 Å². The first-order valence-corrected chi connectivity index (χ1v) is 6.51. The van der Waals surface area contributed by atoms with Gasteiger partial charge in [0.15, 0.2) is 5.78 Å². The average Bonchev–Trinajstić information content (AvgIpc) is 2.42. The standard InChI is InChI=1S/C15H12BrFO2/c1-19-15-5-3-2-4-11(15)9-14(18)10-6-7-13(17)12(16)8-10/h2-8H,9H2,1H3. The third kappa shape index (κ3) is 3.20. The van der Waals surface area contributed by atoms with Gasteiger partial charge in [0.2, 0.25) is 0 Å². The molecule has 0 aliphatic rings. The SMILES string of the molecule is COc1ccccc1CC(=O)c1ccc(F)c(Br)c1. The van der Waals surface area contributed by atoms with E-state index >= 15 is 0 Å². The third-order valence-electron chi connectivity index (χ3n) is 2.79. The number of hydrogen-bond donors (Lipinski definition) is 0. The second-order valence-corrected chi connectivity index (χ2v) is 4.90. The molecular formula is C15H12BrFO2. The van der Waals surface area contributed by atoms with Gasteiger partial charge < -0.3 is 4.74 Å². The van der Waals surface area contributed by atoms with Gasteiger partial charge >= 0.3 is 0 Å². The number of ether oxygens (including phenoxy) is 1. The van der Waals surface area contributed by atoms with Gasteiger partial charge in [0.1, 0.15) is 11.6 Å². The number of halogens is 2. The van der Waals surface area contributed by atoms with Crippen molar-refractivity contribution >= 4 is 21.7 Å². The number of methoxy groups -OCH3 is 1. The van der Waals surface area contributed by atoms with Crippen LogP contribution in [0.5, 0.6) is 5.75 Å². The fourth-order valence-corrected chi connectivity index (χ4v) is 2.17. The van der Waals surface area contributed by atoms with E-state index in [0.717, 1.165) is 5.56 Å². The Kier molecular flexibility index (Phi) is 4.32. The van der Waals surface area contributed by atoms with Crippen LogP contribution in [0.1, 0.15) is 15.9 Å². The first kappa shape index (κ1) is 13.7. The van der Waals surface area contributed by atoms with Crippen LogP contribution < -0.4 is 4.74 Å². The number of hydrogen-bond acceptors (Lipinski definition) is 2. The second-order valence-electron chi connectivity index (χ2n) is 4.04. The van der Waals surface area contributed by atoms with Crippen LogP contribution in [0.3, 0.4) is 0 Å². The van der Waals surface area contributed by atoms with Crippen molar-refractivity contribution in [3.8, 4) is 5.75 Å². The van der Waals surface area contributed by atoms with Crippen molar-refractivity contribution in [2.24, 2.45) is 0 Å². The van der Waals surface area contributed by atoms with E-state index in [2.05, 4.69) is 15.9 Å². The number of para-hydroxylation sites is 1. The minimum atomic E-state index is -0.381. The maximum Gasteiger partial charge on any atom is 0.167 e. The van der Waals surface area contributed by atoms with E-state index in [1.54, 1.807) is 7.11 Å². The van der Waals surface area contributed by atoms with Gasteiger partial charge in [-0.1, -0.05) is 18.2 Å². The Hall–Kier alpha value is -1.68. The van der Waals surface area contributed by atoms with Crippen LogP contribution in [0.15, 0.2) is 46.9 Å². The zero-order valence-corrected chi connectivity index (χ0v) is 11.9. The Morgan fingerprint density at radius 3 is 2.68 bits per heavy atom. The molecule has 0 aromatic heterocycles. The Labute approximate surface area is 119 Å². The summed E-state index contributed by atoms with van der Waals surface area (Å²) in [6, 6.07) is 11.6. The minimum Gasteiger partial charge on any atom is -0.496 e. The predicted octanol–water partition coefficient (Wildman–Crippen LogP) is 4.02. The lowest BCUT2D eigenvalue weighted by atomic mass is 10.0. The number of rotatable bonds is 4. The van der Waals surface area contributed by atoms with Crippen molar-refractivity contribution in [2.75, 3.05) is 7.11 Å². The van der Waals surface area contributed by atoms with Crippen LogP contribution in [0.2, 0.25) is 0 Å². The Bertz CT molecular complexity index is 611. The molecule has 0 amide bonds. The summed E-state index contributed by atoms with van der Waals surface area (Å²) >= 11 is 3.08. The predicted molar refractivity (Wildman–Crippen MR) is 75.1 cm³/mol. The molecular weight excluding hydrogens is 311 g/mol. The van der Waals surface area contributed by atoms with Gasteiger partial charge in [0, 0.05) is 17.5 Å². The van der Waals surface area contributed by atoms with Crippen LogP contribution in [0.25, 0.3) is 0 Å². The first-order chi connectivity index (χ1) is 9.11. The molecule has 2 aromatic carbocycles. The molecule has 0 saturated heterocycles. The van der Waals surface area contributed by atoms with E-state index in [9.17, 15) is 9.18 Å². The molecule has 2 nitrogen and oxygen atoms in total. The quantitative estimate of drug-likeness (QED) is 0.795. The van der Waals surface area contributed by atoms with E-state index in [-0.39, 0.29) is 18.0 Å². The molecule has 0 unspecified atom stereocenters. The lowest BCUT2D eigenvalue weighted by molar-refractivity contribution is 0.0992. The van der Waals surface area contributed by atoms with E-state index in [4.69, 9.17) is 4.74 Å². The summed E-state index contributed by atoms with van der Waals surface area (Å²) in [6.45, 7) is 0. The molecule has 0 N–H and O–H groups in total. The molecule has 0 bridgehead atoms. The fraction of sp³-hybridized carbons (Fsp3) is 0.133. The molecule has 0 saturated carbocycles. The van der Waals surface area contributed by atoms with Crippen LogP contribution in [0.4, 0.5) is 4.39 Å². The van der Waals surface area contributed by atoms with Crippen LogP contribution in [-0.2, 0) is 6.42 Å². The zero-order chi connectivity index (χ0) is 13.8. The highest BCUT2D eigenvalue weighted by Gasteiger charge is 2.12. The second kappa shape index (κ2) is 5.97. The topological polar surface area (TPSA) is 26.3 Å². The van der Waals surface area contributed by atoms with E-state index in [1.165, 1.54) is 18.2 Å². The Morgan fingerprint density at radius 1 is 1.26 bits per heavy atom. The highest BCUT2D eigenvalue weighted by atomic mass is 79.9. The highest BCUT2D eigenvalue weighted by Crippen LogP contribution is 2.21. The summed E-state index contributed by atoms with van der Waals surface area (Å²) in [7, 11) is 1.57. The van der Waals surface area contributed by atoms with Crippen molar-refractivity contribution in [3.05, 3.63) is 63.9 Å². The molecule has 0 atom stereocenters. The number of Topliss-reactive ketones (excluding diaryl/α,β-unsaturated/α-hetero) is 1. The molecule has 4 heteroatoms. The van der Waals surface area contributed by atoms with Crippen molar-refractivity contribution in [1.82, 2.24) is 0 Å². The Balaban J connectivity index is 2.23. The lowest BCUT2D eigenvalue weighted by Gasteiger charge is -2.07. The number of ketones is 1. The molecule has 0 aliphatic heterocycles. The smallest absolute Gasteiger partial charge is 0.167 e. The van der Waals surface area contributed by atoms with Gasteiger partial charge in [-0.2, -0.15) is 0 Å². The number of carbonyl (C=O) groups excluding carboxylic acids is 1. The highest BCUT2D eigenvalue weighted by molar-refractivity contribution is 9.10. The minimum absolute atomic E-state index is 0.0785. The summed E-state index contributed by atoms with van der Waals surface area (Å²) in [6.07, 6.45) is 0.224. The zero-order valence-electron chi connectivity index (χ0n) is 10.3. The van der Waals surface area contributed by atoms with Gasteiger partial charge in [-0.25, -0.2) is 4.39 Å². The van der Waals surface area contributed by atoms with Crippen molar-refractivity contribution < 1.29 is 13.9 Å². The molecule has 0 aliphatic carbocycles. The molecule has 0 spiro atoms. The van der Waals surface area contributed by atoms with Gasteiger partial charge in [-0.05, 0) is 40.2 Å². The number of benzene rings is 2. The van der Waals surface area contributed by atoms with Crippen LogP contribution >= 0.6 is 15.9 Å². The molecule has 0 fully saturated rings. The summed E-state index contributed by atoms with van der Waals surface area (Å²) in [4.78, 5) is 12.1. The van der Waals surface area contributed by atoms with E-state index in [0.29, 0.717) is 15.8 Å². The first-order valence-electron chi connectivity index (χ1n) is 5.72. The van der Waals surface area contributed by atoms with Crippen LogP contribution in [0, 0.1) is 5.82 Å². The maximum absolute atomic E-state index is 13.1. The molecule has 98 valence electrons. The van der Waals surface area contributed by atoms with Crippen LogP contribution in [-0.4, -0.2) is 12.9 Å².